The quantitative estimate of drug-likeness (QED) is 0.699. The number of anilines is 2. The van der Waals surface area contributed by atoms with E-state index in [1.54, 1.807) is 6.07 Å². The summed E-state index contributed by atoms with van der Waals surface area (Å²) in [5, 5.41) is 5.05. The molecule has 0 fully saturated rings. The molecule has 26 heavy (non-hydrogen) atoms. The first kappa shape index (κ1) is 16.3. The SMILES string of the molecule is Cc1ccccc1N1C(=O)C(Nc2ccccc2)=C(c2cccs2)C1=O. The lowest BCUT2D eigenvalue weighted by molar-refractivity contribution is -0.120. The highest BCUT2D eigenvalue weighted by atomic mass is 32.1. The molecule has 3 aromatic rings. The molecule has 1 aliphatic rings. The molecule has 1 N–H and O–H groups in total. The summed E-state index contributed by atoms with van der Waals surface area (Å²) < 4.78 is 0. The van der Waals surface area contributed by atoms with Gasteiger partial charge in [0.05, 0.1) is 11.3 Å². The van der Waals surface area contributed by atoms with Crippen molar-refractivity contribution in [3.05, 3.63) is 88.2 Å². The number of benzene rings is 2. The number of nitrogens with one attached hydrogen (secondary N) is 1. The topological polar surface area (TPSA) is 49.4 Å². The molecule has 4 rings (SSSR count). The average molecular weight is 360 g/mol. The molecule has 5 heteroatoms. The third-order valence-corrected chi connectivity index (χ3v) is 5.14. The van der Waals surface area contributed by atoms with E-state index < -0.39 is 0 Å². The van der Waals surface area contributed by atoms with Gasteiger partial charge in [0.2, 0.25) is 0 Å². The maximum absolute atomic E-state index is 13.2. The lowest BCUT2D eigenvalue weighted by atomic mass is 10.1. The van der Waals surface area contributed by atoms with Crippen LogP contribution < -0.4 is 10.2 Å². The predicted octanol–water partition coefficient (Wildman–Crippen LogP) is 4.45. The Morgan fingerprint density at radius 2 is 1.58 bits per heavy atom. The number of carbonyl (C=O) groups excluding carboxylic acids is 2. The van der Waals surface area contributed by atoms with Gasteiger partial charge in [0.25, 0.3) is 11.8 Å². The number of aryl methyl sites for hydroxylation is 1. The molecule has 0 saturated heterocycles. The molecule has 1 aliphatic heterocycles. The minimum Gasteiger partial charge on any atom is -0.350 e. The second-order valence-corrected chi connectivity index (χ2v) is 6.90. The highest BCUT2D eigenvalue weighted by molar-refractivity contribution is 7.11. The minimum atomic E-state index is -0.337. The molecule has 128 valence electrons. The molecule has 0 unspecified atom stereocenters. The fourth-order valence-electron chi connectivity index (χ4n) is 2.99. The smallest absolute Gasteiger partial charge is 0.282 e. The van der Waals surface area contributed by atoms with Crippen LogP contribution in [0.2, 0.25) is 0 Å². The second kappa shape index (κ2) is 6.61. The van der Waals surface area contributed by atoms with Gasteiger partial charge in [0.1, 0.15) is 5.70 Å². The van der Waals surface area contributed by atoms with Crippen molar-refractivity contribution >= 4 is 40.1 Å². The highest BCUT2D eigenvalue weighted by Crippen LogP contribution is 2.36. The van der Waals surface area contributed by atoms with Gasteiger partial charge in [0, 0.05) is 10.6 Å². The first-order valence-corrected chi connectivity index (χ1v) is 9.09. The number of hydrogen-bond donors (Lipinski definition) is 1. The Morgan fingerprint density at radius 1 is 0.846 bits per heavy atom. The number of imide groups is 1. The average Bonchev–Trinajstić information content (AvgIpc) is 3.25. The monoisotopic (exact) mass is 360 g/mol. The maximum Gasteiger partial charge on any atom is 0.282 e. The molecule has 2 heterocycles. The summed E-state index contributed by atoms with van der Waals surface area (Å²) in [6, 6.07) is 20.5. The second-order valence-electron chi connectivity index (χ2n) is 5.95. The molecule has 0 radical (unpaired) electrons. The van der Waals surface area contributed by atoms with Gasteiger partial charge in [-0.3, -0.25) is 9.59 Å². The lowest BCUT2D eigenvalue weighted by Crippen LogP contribution is -2.32. The summed E-state index contributed by atoms with van der Waals surface area (Å²) in [5.74, 6) is -0.637. The molecule has 2 aromatic carbocycles. The zero-order chi connectivity index (χ0) is 18.1. The third-order valence-electron chi connectivity index (χ3n) is 4.25. The number of carbonyl (C=O) groups is 2. The predicted molar refractivity (Wildman–Crippen MR) is 105 cm³/mol. The Balaban J connectivity index is 1.82. The summed E-state index contributed by atoms with van der Waals surface area (Å²) in [7, 11) is 0. The van der Waals surface area contributed by atoms with Crippen LogP contribution in [0.5, 0.6) is 0 Å². The summed E-state index contributed by atoms with van der Waals surface area (Å²) >= 11 is 1.44. The van der Waals surface area contributed by atoms with Crippen LogP contribution in [0.3, 0.4) is 0 Å². The van der Waals surface area contributed by atoms with Gasteiger partial charge in [-0.2, -0.15) is 0 Å². The van der Waals surface area contributed by atoms with Crippen molar-refractivity contribution in [3.63, 3.8) is 0 Å². The van der Waals surface area contributed by atoms with Gasteiger partial charge >= 0.3 is 0 Å². The Kier molecular flexibility index (Phi) is 4.14. The number of para-hydroxylation sites is 2. The number of nitrogens with zero attached hydrogens (tertiary/aromatic N) is 1. The van der Waals surface area contributed by atoms with Crippen molar-refractivity contribution in [2.45, 2.75) is 6.92 Å². The maximum atomic E-state index is 13.2. The van der Waals surface area contributed by atoms with Crippen LogP contribution >= 0.6 is 11.3 Å². The lowest BCUT2D eigenvalue weighted by Gasteiger charge is -2.17. The van der Waals surface area contributed by atoms with Crippen LogP contribution in [0, 0.1) is 6.92 Å². The van der Waals surface area contributed by atoms with E-state index in [4.69, 9.17) is 0 Å². The van der Waals surface area contributed by atoms with Crippen molar-refractivity contribution in [1.29, 1.82) is 0 Å². The van der Waals surface area contributed by atoms with E-state index in [0.29, 0.717) is 17.0 Å². The summed E-state index contributed by atoms with van der Waals surface area (Å²) in [6.45, 7) is 1.89. The number of rotatable bonds is 4. The molecule has 0 spiro atoms. The van der Waals surface area contributed by atoms with Crippen LogP contribution in [-0.2, 0) is 9.59 Å². The number of hydrogen-bond acceptors (Lipinski definition) is 4. The Morgan fingerprint density at radius 3 is 2.27 bits per heavy atom. The van der Waals surface area contributed by atoms with Crippen molar-refractivity contribution in [2.24, 2.45) is 0 Å². The van der Waals surface area contributed by atoms with Crippen LogP contribution in [0.15, 0.2) is 77.8 Å². The van der Waals surface area contributed by atoms with E-state index in [-0.39, 0.29) is 11.8 Å². The first-order chi connectivity index (χ1) is 12.7. The van der Waals surface area contributed by atoms with Gasteiger partial charge < -0.3 is 5.32 Å². The number of amides is 2. The van der Waals surface area contributed by atoms with Crippen molar-refractivity contribution in [1.82, 2.24) is 0 Å². The Labute approximate surface area is 155 Å². The van der Waals surface area contributed by atoms with Gasteiger partial charge in [-0.1, -0.05) is 42.5 Å². The fraction of sp³-hybridized carbons (Fsp3) is 0.0476. The van der Waals surface area contributed by atoms with E-state index in [2.05, 4.69) is 5.32 Å². The largest absolute Gasteiger partial charge is 0.350 e. The van der Waals surface area contributed by atoms with Crippen LogP contribution in [0.1, 0.15) is 10.4 Å². The third kappa shape index (κ3) is 2.72. The first-order valence-electron chi connectivity index (χ1n) is 8.21. The molecule has 1 aromatic heterocycles. The van der Waals surface area contributed by atoms with E-state index in [1.165, 1.54) is 16.2 Å². The molecular weight excluding hydrogens is 344 g/mol. The van der Waals surface area contributed by atoms with E-state index in [0.717, 1.165) is 16.1 Å². The summed E-state index contributed by atoms with van der Waals surface area (Å²) in [6.07, 6.45) is 0. The highest BCUT2D eigenvalue weighted by Gasteiger charge is 2.41. The Bertz CT molecular complexity index is 1010. The van der Waals surface area contributed by atoms with Gasteiger partial charge in [-0.05, 0) is 42.1 Å². The molecule has 4 nitrogen and oxygen atoms in total. The van der Waals surface area contributed by atoms with Crippen molar-refractivity contribution < 1.29 is 9.59 Å². The van der Waals surface area contributed by atoms with Crippen molar-refractivity contribution in [3.8, 4) is 0 Å². The fourth-order valence-corrected chi connectivity index (χ4v) is 3.76. The molecule has 0 saturated carbocycles. The zero-order valence-corrected chi connectivity index (χ0v) is 14.9. The summed E-state index contributed by atoms with van der Waals surface area (Å²) in [5.41, 5.74) is 2.98. The van der Waals surface area contributed by atoms with Gasteiger partial charge in [0.15, 0.2) is 0 Å². The minimum absolute atomic E-state index is 0.301. The van der Waals surface area contributed by atoms with E-state index in [9.17, 15) is 9.59 Å². The van der Waals surface area contributed by atoms with Gasteiger partial charge in [-0.25, -0.2) is 4.90 Å². The van der Waals surface area contributed by atoms with E-state index >= 15 is 0 Å². The molecular formula is C21H16N2O2S. The van der Waals surface area contributed by atoms with Crippen LogP contribution in [-0.4, -0.2) is 11.8 Å². The molecule has 0 bridgehead atoms. The summed E-state index contributed by atoms with van der Waals surface area (Å²) in [4.78, 5) is 28.4. The van der Waals surface area contributed by atoms with Crippen molar-refractivity contribution in [2.75, 3.05) is 10.2 Å². The van der Waals surface area contributed by atoms with Crippen LogP contribution in [0.25, 0.3) is 5.57 Å². The molecule has 0 atom stereocenters. The van der Waals surface area contributed by atoms with Crippen LogP contribution in [0.4, 0.5) is 11.4 Å². The Hall–Kier alpha value is -3.18. The standard InChI is InChI=1S/C21H16N2O2S/c1-14-8-5-6-11-16(14)23-20(24)18(17-12-7-13-26-17)19(21(23)25)22-15-9-3-2-4-10-15/h2-13,22H,1H3. The molecule has 0 aliphatic carbocycles. The number of thiophene rings is 1. The zero-order valence-electron chi connectivity index (χ0n) is 14.1. The van der Waals surface area contributed by atoms with Gasteiger partial charge in [-0.15, -0.1) is 11.3 Å². The molecule has 2 amide bonds. The van der Waals surface area contributed by atoms with E-state index in [1.807, 2.05) is 73.0 Å². The normalized spacial score (nSPS) is 14.3.